The quantitative estimate of drug-likeness (QED) is 0.842. The third kappa shape index (κ3) is 3.99. The van der Waals surface area contributed by atoms with E-state index in [1.807, 2.05) is 4.90 Å². The minimum atomic E-state index is -4.38. The van der Waals surface area contributed by atoms with E-state index in [0.29, 0.717) is 18.4 Å². The third-order valence-corrected chi connectivity index (χ3v) is 4.88. The molecule has 1 aromatic rings. The van der Waals surface area contributed by atoms with Crippen LogP contribution in [0, 0.1) is 17.8 Å². The van der Waals surface area contributed by atoms with Crippen LogP contribution in [0.4, 0.5) is 13.2 Å². The molecular formula is C17H21F3N2O2. The number of piperidine rings is 1. The van der Waals surface area contributed by atoms with Crippen molar-refractivity contribution in [2.75, 3.05) is 19.7 Å². The van der Waals surface area contributed by atoms with Gasteiger partial charge in [-0.15, -0.1) is 0 Å². The number of amides is 1. The number of ether oxygens (including phenoxy) is 1. The fraction of sp³-hybridized carbons (Fsp3) is 0.647. The molecular weight excluding hydrogens is 321 g/mol. The summed E-state index contributed by atoms with van der Waals surface area (Å²) >= 11 is 0. The molecule has 0 spiro atoms. The summed E-state index contributed by atoms with van der Waals surface area (Å²) in [5.74, 6) is 1.51. The Morgan fingerprint density at radius 1 is 1.33 bits per heavy atom. The van der Waals surface area contributed by atoms with Crippen LogP contribution in [0.15, 0.2) is 18.3 Å². The van der Waals surface area contributed by atoms with Gasteiger partial charge >= 0.3 is 6.18 Å². The highest BCUT2D eigenvalue weighted by molar-refractivity contribution is 5.81. The van der Waals surface area contributed by atoms with E-state index in [9.17, 15) is 18.0 Å². The summed E-state index contributed by atoms with van der Waals surface area (Å²) in [6, 6.07) is 2.22. The lowest BCUT2D eigenvalue weighted by Gasteiger charge is -2.32. The van der Waals surface area contributed by atoms with Crippen LogP contribution in [0.25, 0.3) is 0 Å². The highest BCUT2D eigenvalue weighted by atomic mass is 19.4. The van der Waals surface area contributed by atoms with Crippen LogP contribution in [0.2, 0.25) is 0 Å². The second-order valence-electron chi connectivity index (χ2n) is 6.78. The molecule has 4 nitrogen and oxygen atoms in total. The molecule has 2 atom stereocenters. The molecule has 2 aliphatic rings. The lowest BCUT2D eigenvalue weighted by atomic mass is 9.97. The number of halogens is 3. The van der Waals surface area contributed by atoms with Gasteiger partial charge in [0.2, 0.25) is 11.8 Å². The molecule has 0 radical (unpaired) electrons. The standard InChI is InChI=1S/C17H21F3N2O2/c1-11-8-14(11)16(23)22-6-4-12(5-7-22)10-24-15-3-2-13(9-21-15)17(18,19)20/h2-3,9,11-12,14H,4-8,10H2,1H3. The smallest absolute Gasteiger partial charge is 0.417 e. The summed E-state index contributed by atoms with van der Waals surface area (Å²) in [5, 5.41) is 0. The number of rotatable bonds is 4. The zero-order valence-corrected chi connectivity index (χ0v) is 13.6. The first-order valence-electron chi connectivity index (χ1n) is 8.29. The van der Waals surface area contributed by atoms with E-state index in [1.54, 1.807) is 0 Å². The molecule has 1 aliphatic carbocycles. The highest BCUT2D eigenvalue weighted by Crippen LogP contribution is 2.39. The van der Waals surface area contributed by atoms with Gasteiger partial charge in [-0.3, -0.25) is 4.79 Å². The van der Waals surface area contributed by atoms with Gasteiger partial charge in [-0.2, -0.15) is 13.2 Å². The molecule has 2 unspecified atom stereocenters. The number of nitrogens with zero attached hydrogens (tertiary/aromatic N) is 2. The predicted octanol–water partition coefficient (Wildman–Crippen LogP) is 3.37. The topological polar surface area (TPSA) is 42.4 Å². The van der Waals surface area contributed by atoms with E-state index in [2.05, 4.69) is 11.9 Å². The highest BCUT2D eigenvalue weighted by Gasteiger charge is 2.42. The maximum absolute atomic E-state index is 12.5. The molecule has 1 saturated heterocycles. The second kappa shape index (κ2) is 6.61. The van der Waals surface area contributed by atoms with Gasteiger partial charge in [0.1, 0.15) is 0 Å². The van der Waals surface area contributed by atoms with E-state index in [-0.39, 0.29) is 17.7 Å². The van der Waals surface area contributed by atoms with Gasteiger partial charge in [-0.25, -0.2) is 4.98 Å². The number of carbonyl (C=O) groups is 1. The minimum absolute atomic E-state index is 0.202. The van der Waals surface area contributed by atoms with Crippen molar-refractivity contribution in [1.82, 2.24) is 9.88 Å². The van der Waals surface area contributed by atoms with Gasteiger partial charge in [0, 0.05) is 31.3 Å². The molecule has 1 saturated carbocycles. The average molecular weight is 342 g/mol. The van der Waals surface area contributed by atoms with E-state index in [1.165, 1.54) is 6.07 Å². The van der Waals surface area contributed by atoms with Crippen molar-refractivity contribution >= 4 is 5.91 Å². The average Bonchev–Trinajstić information content (AvgIpc) is 3.29. The Hall–Kier alpha value is -1.79. The number of pyridine rings is 1. The van der Waals surface area contributed by atoms with E-state index in [0.717, 1.165) is 44.6 Å². The number of carbonyl (C=O) groups excluding carboxylic acids is 1. The van der Waals surface area contributed by atoms with Crippen LogP contribution in [0.5, 0.6) is 5.88 Å². The molecule has 2 heterocycles. The second-order valence-corrected chi connectivity index (χ2v) is 6.78. The Balaban J connectivity index is 1.43. The normalized spacial score (nSPS) is 24.8. The minimum Gasteiger partial charge on any atom is -0.477 e. The van der Waals surface area contributed by atoms with Crippen molar-refractivity contribution in [2.45, 2.75) is 32.4 Å². The molecule has 132 valence electrons. The maximum Gasteiger partial charge on any atom is 0.417 e. The van der Waals surface area contributed by atoms with Crippen molar-refractivity contribution in [2.24, 2.45) is 17.8 Å². The zero-order chi connectivity index (χ0) is 17.3. The largest absolute Gasteiger partial charge is 0.477 e. The maximum atomic E-state index is 12.5. The lowest BCUT2D eigenvalue weighted by molar-refractivity contribution is -0.138. The van der Waals surface area contributed by atoms with Gasteiger partial charge < -0.3 is 9.64 Å². The molecule has 7 heteroatoms. The van der Waals surface area contributed by atoms with Crippen molar-refractivity contribution in [1.29, 1.82) is 0 Å². The van der Waals surface area contributed by atoms with Gasteiger partial charge in [-0.05, 0) is 37.2 Å². The Labute approximate surface area is 139 Å². The molecule has 0 N–H and O–H groups in total. The number of likely N-dealkylation sites (tertiary alicyclic amines) is 1. The first-order valence-corrected chi connectivity index (χ1v) is 8.29. The molecule has 0 bridgehead atoms. The fourth-order valence-corrected chi connectivity index (χ4v) is 3.06. The van der Waals surface area contributed by atoms with E-state index < -0.39 is 11.7 Å². The van der Waals surface area contributed by atoms with Crippen molar-refractivity contribution < 1.29 is 22.7 Å². The van der Waals surface area contributed by atoms with Crippen LogP contribution in [0.3, 0.4) is 0 Å². The first-order chi connectivity index (χ1) is 11.3. The fourth-order valence-electron chi connectivity index (χ4n) is 3.06. The van der Waals surface area contributed by atoms with Crippen LogP contribution >= 0.6 is 0 Å². The Morgan fingerprint density at radius 2 is 2.00 bits per heavy atom. The van der Waals surface area contributed by atoms with Crippen molar-refractivity contribution in [3.05, 3.63) is 23.9 Å². The van der Waals surface area contributed by atoms with Gasteiger partial charge in [0.15, 0.2) is 0 Å². The predicted molar refractivity (Wildman–Crippen MR) is 81.3 cm³/mol. The molecule has 0 aromatic carbocycles. The van der Waals surface area contributed by atoms with Gasteiger partial charge in [-0.1, -0.05) is 6.92 Å². The molecule has 2 fully saturated rings. The molecule has 1 amide bonds. The number of hydrogen-bond acceptors (Lipinski definition) is 3. The van der Waals surface area contributed by atoms with Gasteiger partial charge in [0.25, 0.3) is 0 Å². The summed E-state index contributed by atoms with van der Waals surface area (Å²) in [5.41, 5.74) is -0.782. The Kier molecular flexibility index (Phi) is 4.69. The summed E-state index contributed by atoms with van der Waals surface area (Å²) in [7, 11) is 0. The Morgan fingerprint density at radius 3 is 2.50 bits per heavy atom. The first kappa shape index (κ1) is 17.0. The molecule has 3 rings (SSSR count). The van der Waals surface area contributed by atoms with Crippen molar-refractivity contribution in [3.8, 4) is 5.88 Å². The zero-order valence-electron chi connectivity index (χ0n) is 13.6. The number of aromatic nitrogens is 1. The summed E-state index contributed by atoms with van der Waals surface area (Å²) in [6.45, 7) is 3.98. The third-order valence-electron chi connectivity index (χ3n) is 4.88. The SMILES string of the molecule is CC1CC1C(=O)N1CCC(COc2ccc(C(F)(F)F)cn2)CC1. The van der Waals surface area contributed by atoms with Crippen LogP contribution < -0.4 is 4.74 Å². The van der Waals surface area contributed by atoms with E-state index in [4.69, 9.17) is 4.74 Å². The molecule has 1 aromatic heterocycles. The number of alkyl halides is 3. The van der Waals surface area contributed by atoms with E-state index >= 15 is 0 Å². The molecule has 24 heavy (non-hydrogen) atoms. The molecule has 1 aliphatic heterocycles. The van der Waals surface area contributed by atoms with Crippen LogP contribution in [0.1, 0.15) is 31.7 Å². The van der Waals surface area contributed by atoms with Crippen molar-refractivity contribution in [3.63, 3.8) is 0 Å². The monoisotopic (exact) mass is 342 g/mol. The summed E-state index contributed by atoms with van der Waals surface area (Å²) in [6.07, 6.45) is -0.889. The van der Waals surface area contributed by atoms with Crippen LogP contribution in [-0.2, 0) is 11.0 Å². The number of hydrogen-bond donors (Lipinski definition) is 0. The Bertz CT molecular complexity index is 580. The summed E-state index contributed by atoms with van der Waals surface area (Å²) < 4.78 is 42.9. The van der Waals surface area contributed by atoms with Gasteiger partial charge in [0.05, 0.1) is 12.2 Å². The lowest BCUT2D eigenvalue weighted by Crippen LogP contribution is -2.40. The summed E-state index contributed by atoms with van der Waals surface area (Å²) in [4.78, 5) is 17.8. The van der Waals surface area contributed by atoms with Crippen LogP contribution in [-0.4, -0.2) is 35.5 Å².